The molecule has 74 valence electrons. The summed E-state index contributed by atoms with van der Waals surface area (Å²) >= 11 is 0. The minimum Gasteiger partial charge on any atom is -0.496 e. The molecule has 0 saturated carbocycles. The first kappa shape index (κ1) is 9.24. The number of hydrogen-bond acceptors (Lipinski definition) is 3. The lowest BCUT2D eigenvalue weighted by molar-refractivity contribution is 0.0453. The van der Waals surface area contributed by atoms with Crippen LogP contribution >= 0.6 is 0 Å². The summed E-state index contributed by atoms with van der Waals surface area (Å²) in [6, 6.07) is 5.50. The fourth-order valence-corrected chi connectivity index (χ4v) is 1.68. The van der Waals surface area contributed by atoms with Crippen molar-refractivity contribution in [1.82, 2.24) is 0 Å². The van der Waals surface area contributed by atoms with Crippen LogP contribution in [0.25, 0.3) is 6.08 Å². The highest BCUT2D eigenvalue weighted by atomic mass is 16.5. The number of aliphatic hydroxyl groups is 2. The number of ether oxygens (including phenoxy) is 1. The molecule has 2 N–H and O–H groups in total. The molecular formula is C11H12O3. The first-order valence-corrected chi connectivity index (χ1v) is 4.45. The highest BCUT2D eigenvalue weighted by molar-refractivity contribution is 5.62. The van der Waals surface area contributed by atoms with Crippen molar-refractivity contribution in [2.45, 2.75) is 12.2 Å². The maximum absolute atomic E-state index is 9.76. The maximum atomic E-state index is 9.76. The Bertz CT molecular complexity index is 371. The largest absolute Gasteiger partial charge is 0.496 e. The minimum absolute atomic E-state index is 0.610. The average Bonchev–Trinajstić information content (AvgIpc) is 2.23. The smallest absolute Gasteiger partial charge is 0.125 e. The SMILES string of the molecule is COc1cccc2c1C(O)C(O)C=C2. The van der Waals surface area contributed by atoms with E-state index in [-0.39, 0.29) is 0 Å². The van der Waals surface area contributed by atoms with E-state index in [1.165, 1.54) is 0 Å². The molecule has 0 spiro atoms. The van der Waals surface area contributed by atoms with Gasteiger partial charge in [-0.05, 0) is 11.6 Å². The third-order valence-electron chi connectivity index (χ3n) is 2.41. The van der Waals surface area contributed by atoms with Crippen molar-refractivity contribution in [3.63, 3.8) is 0 Å². The zero-order chi connectivity index (χ0) is 10.1. The van der Waals surface area contributed by atoms with Crippen LogP contribution in [0.15, 0.2) is 24.3 Å². The number of fused-ring (bicyclic) bond motifs is 1. The van der Waals surface area contributed by atoms with E-state index in [2.05, 4.69) is 0 Å². The molecule has 2 unspecified atom stereocenters. The molecule has 1 aliphatic rings. The second kappa shape index (κ2) is 3.44. The summed E-state index contributed by atoms with van der Waals surface area (Å²) in [4.78, 5) is 0. The maximum Gasteiger partial charge on any atom is 0.125 e. The molecule has 1 aromatic carbocycles. The Morgan fingerprint density at radius 3 is 2.79 bits per heavy atom. The standard InChI is InChI=1S/C11H12O3/c1-14-9-4-2-3-7-5-6-8(12)11(13)10(7)9/h2-6,8,11-13H,1H3. The molecular weight excluding hydrogens is 180 g/mol. The minimum atomic E-state index is -0.897. The van der Waals surface area contributed by atoms with Crippen LogP contribution in [0.3, 0.4) is 0 Å². The van der Waals surface area contributed by atoms with Gasteiger partial charge in [0.05, 0.1) is 7.11 Å². The highest BCUT2D eigenvalue weighted by Gasteiger charge is 2.25. The summed E-state index contributed by atoms with van der Waals surface area (Å²) in [7, 11) is 1.55. The Kier molecular flexibility index (Phi) is 2.27. The Morgan fingerprint density at radius 2 is 2.07 bits per heavy atom. The molecule has 3 nitrogen and oxygen atoms in total. The van der Waals surface area contributed by atoms with Crippen LogP contribution in [0.2, 0.25) is 0 Å². The molecule has 0 bridgehead atoms. The van der Waals surface area contributed by atoms with Gasteiger partial charge in [-0.3, -0.25) is 0 Å². The average molecular weight is 192 g/mol. The Labute approximate surface area is 82.3 Å². The first-order chi connectivity index (χ1) is 6.74. The van der Waals surface area contributed by atoms with Crippen molar-refractivity contribution in [2.24, 2.45) is 0 Å². The Morgan fingerprint density at radius 1 is 1.29 bits per heavy atom. The second-order valence-corrected chi connectivity index (χ2v) is 3.26. The summed E-state index contributed by atoms with van der Waals surface area (Å²) in [5.74, 6) is 0.610. The molecule has 1 aliphatic carbocycles. The molecule has 0 saturated heterocycles. The van der Waals surface area contributed by atoms with Crippen molar-refractivity contribution in [1.29, 1.82) is 0 Å². The zero-order valence-electron chi connectivity index (χ0n) is 7.84. The monoisotopic (exact) mass is 192 g/mol. The van der Waals surface area contributed by atoms with Crippen LogP contribution < -0.4 is 4.74 Å². The lowest BCUT2D eigenvalue weighted by Gasteiger charge is -2.23. The van der Waals surface area contributed by atoms with Gasteiger partial charge in [-0.25, -0.2) is 0 Å². The van der Waals surface area contributed by atoms with Gasteiger partial charge in [0.25, 0.3) is 0 Å². The van der Waals surface area contributed by atoms with Gasteiger partial charge >= 0.3 is 0 Å². The van der Waals surface area contributed by atoms with E-state index in [0.717, 1.165) is 5.56 Å². The van der Waals surface area contributed by atoms with Crippen molar-refractivity contribution in [2.75, 3.05) is 7.11 Å². The fraction of sp³-hybridized carbons (Fsp3) is 0.273. The normalized spacial score (nSPS) is 24.5. The molecule has 0 radical (unpaired) electrons. The van der Waals surface area contributed by atoms with Crippen LogP contribution in [0.1, 0.15) is 17.2 Å². The van der Waals surface area contributed by atoms with Crippen LogP contribution in [0, 0.1) is 0 Å². The van der Waals surface area contributed by atoms with Crippen molar-refractivity contribution < 1.29 is 14.9 Å². The molecule has 2 rings (SSSR count). The van der Waals surface area contributed by atoms with Gasteiger partial charge in [0.15, 0.2) is 0 Å². The Balaban J connectivity index is 2.57. The number of methoxy groups -OCH3 is 1. The van der Waals surface area contributed by atoms with E-state index >= 15 is 0 Å². The predicted molar refractivity (Wildman–Crippen MR) is 53.0 cm³/mol. The molecule has 0 fully saturated rings. The number of benzene rings is 1. The molecule has 0 aromatic heterocycles. The zero-order valence-corrected chi connectivity index (χ0v) is 7.84. The summed E-state index contributed by atoms with van der Waals surface area (Å²) < 4.78 is 5.13. The topological polar surface area (TPSA) is 49.7 Å². The van der Waals surface area contributed by atoms with Crippen LogP contribution in [-0.2, 0) is 0 Å². The van der Waals surface area contributed by atoms with Gasteiger partial charge in [0, 0.05) is 5.56 Å². The van der Waals surface area contributed by atoms with E-state index < -0.39 is 12.2 Å². The molecule has 14 heavy (non-hydrogen) atoms. The lowest BCUT2D eigenvalue weighted by Crippen LogP contribution is -2.20. The highest BCUT2D eigenvalue weighted by Crippen LogP contribution is 2.34. The number of hydrogen-bond donors (Lipinski definition) is 2. The van der Waals surface area contributed by atoms with Crippen molar-refractivity contribution in [3.05, 3.63) is 35.4 Å². The third-order valence-corrected chi connectivity index (χ3v) is 2.41. The number of rotatable bonds is 1. The van der Waals surface area contributed by atoms with Crippen LogP contribution in [-0.4, -0.2) is 23.4 Å². The van der Waals surface area contributed by atoms with E-state index in [1.54, 1.807) is 25.3 Å². The summed E-state index contributed by atoms with van der Waals surface area (Å²) in [5.41, 5.74) is 1.55. The molecule has 3 heteroatoms. The van der Waals surface area contributed by atoms with Gasteiger partial charge in [0.2, 0.25) is 0 Å². The van der Waals surface area contributed by atoms with Crippen LogP contribution in [0.5, 0.6) is 5.75 Å². The van der Waals surface area contributed by atoms with Gasteiger partial charge in [-0.15, -0.1) is 0 Å². The Hall–Kier alpha value is -1.32. The van der Waals surface area contributed by atoms with Crippen molar-refractivity contribution in [3.8, 4) is 5.75 Å². The van der Waals surface area contributed by atoms with Gasteiger partial charge < -0.3 is 14.9 Å². The predicted octanol–water partition coefficient (Wildman–Crippen LogP) is 1.12. The summed E-state index contributed by atoms with van der Waals surface area (Å²) in [5, 5.41) is 19.2. The van der Waals surface area contributed by atoms with Crippen molar-refractivity contribution >= 4 is 6.08 Å². The third kappa shape index (κ3) is 1.31. The summed E-state index contributed by atoms with van der Waals surface area (Å²) in [6.45, 7) is 0. The van der Waals surface area contributed by atoms with E-state index in [4.69, 9.17) is 4.74 Å². The van der Waals surface area contributed by atoms with Gasteiger partial charge in [-0.1, -0.05) is 24.3 Å². The first-order valence-electron chi connectivity index (χ1n) is 4.45. The van der Waals surface area contributed by atoms with E-state index in [1.807, 2.05) is 12.1 Å². The molecule has 0 heterocycles. The van der Waals surface area contributed by atoms with Gasteiger partial charge in [-0.2, -0.15) is 0 Å². The molecule has 1 aromatic rings. The lowest BCUT2D eigenvalue weighted by atomic mass is 9.92. The molecule has 0 amide bonds. The van der Waals surface area contributed by atoms with Crippen LogP contribution in [0.4, 0.5) is 0 Å². The summed E-state index contributed by atoms with van der Waals surface area (Å²) in [6.07, 6.45) is 1.62. The fourth-order valence-electron chi connectivity index (χ4n) is 1.68. The molecule has 2 atom stereocenters. The van der Waals surface area contributed by atoms with E-state index in [0.29, 0.717) is 11.3 Å². The molecule has 0 aliphatic heterocycles. The van der Waals surface area contributed by atoms with Gasteiger partial charge in [0.1, 0.15) is 18.0 Å². The van der Waals surface area contributed by atoms with E-state index in [9.17, 15) is 10.2 Å². The second-order valence-electron chi connectivity index (χ2n) is 3.26. The quantitative estimate of drug-likeness (QED) is 0.701. The number of aliphatic hydroxyl groups excluding tert-OH is 2.